The molecule has 0 saturated heterocycles. The van der Waals surface area contributed by atoms with Crippen molar-refractivity contribution in [3.63, 3.8) is 0 Å². The second kappa shape index (κ2) is 4.59. The van der Waals surface area contributed by atoms with Crippen LogP contribution in [0.4, 0.5) is 0 Å². The fraction of sp³-hybridized carbons (Fsp3) is 0. The van der Waals surface area contributed by atoms with E-state index in [1.54, 1.807) is 12.1 Å². The van der Waals surface area contributed by atoms with Crippen LogP contribution in [0.5, 0.6) is 0 Å². The van der Waals surface area contributed by atoms with Gasteiger partial charge in [0.1, 0.15) is 0 Å². The van der Waals surface area contributed by atoms with Crippen LogP contribution in [0.1, 0.15) is 0 Å². The standard InChI is InChI=1S/C9H7BrO4S/c10-7-1-3-8(4-2-7)15(13,14)6-5-9(11)12/h1-6H,(H,11,12)/b6-5+. The first-order valence-corrected chi connectivity index (χ1v) is 6.17. The van der Waals surface area contributed by atoms with E-state index in [2.05, 4.69) is 15.9 Å². The molecular weight excluding hydrogens is 284 g/mol. The number of benzene rings is 1. The van der Waals surface area contributed by atoms with Crippen molar-refractivity contribution in [1.82, 2.24) is 0 Å². The predicted octanol–water partition coefficient (Wildman–Crippen LogP) is 1.82. The average molecular weight is 291 g/mol. The van der Waals surface area contributed by atoms with Crippen LogP contribution in [-0.2, 0) is 14.6 Å². The number of hydrogen-bond acceptors (Lipinski definition) is 3. The van der Waals surface area contributed by atoms with Crippen LogP contribution in [0.3, 0.4) is 0 Å². The van der Waals surface area contributed by atoms with Gasteiger partial charge in [-0.15, -0.1) is 0 Å². The molecule has 1 N–H and O–H groups in total. The second-order valence-electron chi connectivity index (χ2n) is 2.64. The third kappa shape index (κ3) is 3.49. The molecule has 1 aromatic rings. The third-order valence-electron chi connectivity index (χ3n) is 1.53. The van der Waals surface area contributed by atoms with E-state index in [0.717, 1.165) is 4.47 Å². The van der Waals surface area contributed by atoms with Crippen molar-refractivity contribution in [2.75, 3.05) is 0 Å². The van der Waals surface area contributed by atoms with Gasteiger partial charge in [0.05, 0.1) is 4.90 Å². The fourth-order valence-electron chi connectivity index (χ4n) is 0.851. The Balaban J connectivity index is 3.07. The van der Waals surface area contributed by atoms with E-state index >= 15 is 0 Å². The first-order chi connectivity index (χ1) is 6.92. The average Bonchev–Trinajstić information content (AvgIpc) is 2.16. The third-order valence-corrected chi connectivity index (χ3v) is 3.48. The molecule has 4 nitrogen and oxygen atoms in total. The lowest BCUT2D eigenvalue weighted by molar-refractivity contribution is -0.131. The van der Waals surface area contributed by atoms with Crippen molar-refractivity contribution < 1.29 is 18.3 Å². The van der Waals surface area contributed by atoms with Crippen LogP contribution in [0.15, 0.2) is 45.1 Å². The normalized spacial score (nSPS) is 11.8. The van der Waals surface area contributed by atoms with Crippen LogP contribution < -0.4 is 0 Å². The molecule has 0 atom stereocenters. The first-order valence-electron chi connectivity index (χ1n) is 3.83. The molecule has 0 aliphatic heterocycles. The van der Waals surface area contributed by atoms with Crippen LogP contribution >= 0.6 is 15.9 Å². The Kier molecular flexibility index (Phi) is 3.65. The van der Waals surface area contributed by atoms with Gasteiger partial charge in [-0.25, -0.2) is 13.2 Å². The summed E-state index contributed by atoms with van der Waals surface area (Å²) in [6.45, 7) is 0. The largest absolute Gasteiger partial charge is 0.478 e. The highest BCUT2D eigenvalue weighted by Gasteiger charge is 2.09. The lowest BCUT2D eigenvalue weighted by atomic mass is 10.4. The summed E-state index contributed by atoms with van der Waals surface area (Å²) in [5.41, 5.74) is 0. The zero-order chi connectivity index (χ0) is 11.5. The molecule has 0 unspecified atom stereocenters. The van der Waals surface area contributed by atoms with E-state index in [1.165, 1.54) is 12.1 Å². The number of sulfone groups is 1. The summed E-state index contributed by atoms with van der Waals surface area (Å²) in [7, 11) is -3.65. The second-order valence-corrected chi connectivity index (χ2v) is 5.39. The number of halogens is 1. The molecule has 0 radical (unpaired) electrons. The molecule has 6 heteroatoms. The van der Waals surface area contributed by atoms with Crippen LogP contribution in [-0.4, -0.2) is 19.5 Å². The summed E-state index contributed by atoms with van der Waals surface area (Å²) >= 11 is 3.17. The van der Waals surface area contributed by atoms with Crippen LogP contribution in [0, 0.1) is 0 Å². The number of aliphatic carboxylic acids is 1. The monoisotopic (exact) mass is 290 g/mol. The topological polar surface area (TPSA) is 71.4 Å². The molecule has 1 rings (SSSR count). The SMILES string of the molecule is O=C(O)/C=C/S(=O)(=O)c1ccc(Br)cc1. The van der Waals surface area contributed by atoms with Gasteiger partial charge in [0.15, 0.2) is 9.84 Å². The van der Waals surface area contributed by atoms with Gasteiger partial charge in [-0.05, 0) is 24.3 Å². The number of carboxylic acids is 1. The first kappa shape index (κ1) is 11.9. The van der Waals surface area contributed by atoms with Crippen molar-refractivity contribution in [3.05, 3.63) is 40.2 Å². The maximum absolute atomic E-state index is 11.5. The zero-order valence-electron chi connectivity index (χ0n) is 7.42. The fourth-order valence-corrected chi connectivity index (χ4v) is 2.08. The van der Waals surface area contributed by atoms with E-state index in [0.29, 0.717) is 11.5 Å². The lowest BCUT2D eigenvalue weighted by Gasteiger charge is -1.97. The minimum Gasteiger partial charge on any atom is -0.478 e. The molecule has 0 heterocycles. The molecule has 0 saturated carbocycles. The summed E-state index contributed by atoms with van der Waals surface area (Å²) in [5.74, 6) is -1.30. The molecule has 80 valence electrons. The molecule has 0 aliphatic rings. The number of carboxylic acid groups (broad SMARTS) is 1. The Morgan fingerprint density at radius 1 is 1.27 bits per heavy atom. The Labute approximate surface area is 95.3 Å². The van der Waals surface area contributed by atoms with Gasteiger partial charge in [-0.3, -0.25) is 0 Å². The molecule has 0 aliphatic carbocycles. The number of rotatable bonds is 3. The molecule has 0 spiro atoms. The molecule has 0 fully saturated rings. The van der Waals surface area contributed by atoms with E-state index in [1.807, 2.05) is 0 Å². The Morgan fingerprint density at radius 2 is 1.80 bits per heavy atom. The quantitative estimate of drug-likeness (QED) is 0.862. The van der Waals surface area contributed by atoms with Gasteiger partial charge in [-0.1, -0.05) is 15.9 Å². The Morgan fingerprint density at radius 3 is 2.27 bits per heavy atom. The highest BCUT2D eigenvalue weighted by Crippen LogP contribution is 2.16. The molecule has 0 bridgehead atoms. The maximum atomic E-state index is 11.5. The molecular formula is C9H7BrO4S. The minimum atomic E-state index is -3.65. The van der Waals surface area contributed by atoms with Gasteiger partial charge in [0.25, 0.3) is 0 Å². The van der Waals surface area contributed by atoms with Gasteiger partial charge in [-0.2, -0.15) is 0 Å². The van der Waals surface area contributed by atoms with Crippen LogP contribution in [0.25, 0.3) is 0 Å². The van der Waals surface area contributed by atoms with Crippen molar-refractivity contribution >= 4 is 31.7 Å². The molecule has 15 heavy (non-hydrogen) atoms. The summed E-state index contributed by atoms with van der Waals surface area (Å²) in [4.78, 5) is 10.2. The van der Waals surface area contributed by atoms with Gasteiger partial charge in [0, 0.05) is 16.0 Å². The van der Waals surface area contributed by atoms with Crippen molar-refractivity contribution in [3.8, 4) is 0 Å². The number of hydrogen-bond donors (Lipinski definition) is 1. The summed E-state index contributed by atoms with van der Waals surface area (Å²) in [6, 6.07) is 5.93. The molecule has 0 amide bonds. The van der Waals surface area contributed by atoms with Crippen molar-refractivity contribution in [1.29, 1.82) is 0 Å². The molecule has 1 aromatic carbocycles. The van der Waals surface area contributed by atoms with E-state index < -0.39 is 15.8 Å². The maximum Gasteiger partial charge on any atom is 0.329 e. The van der Waals surface area contributed by atoms with Gasteiger partial charge < -0.3 is 5.11 Å². The minimum absolute atomic E-state index is 0.0585. The molecule has 0 aromatic heterocycles. The smallest absolute Gasteiger partial charge is 0.329 e. The van der Waals surface area contributed by atoms with E-state index in [9.17, 15) is 13.2 Å². The Hall–Kier alpha value is -1.14. The van der Waals surface area contributed by atoms with Crippen LogP contribution in [0.2, 0.25) is 0 Å². The summed E-state index contributed by atoms with van der Waals surface area (Å²) < 4.78 is 23.7. The van der Waals surface area contributed by atoms with Gasteiger partial charge >= 0.3 is 5.97 Å². The predicted molar refractivity (Wildman–Crippen MR) is 58.1 cm³/mol. The van der Waals surface area contributed by atoms with E-state index in [-0.39, 0.29) is 4.90 Å². The van der Waals surface area contributed by atoms with Crippen molar-refractivity contribution in [2.24, 2.45) is 0 Å². The summed E-state index contributed by atoms with van der Waals surface area (Å²) in [5, 5.41) is 8.97. The van der Waals surface area contributed by atoms with E-state index in [4.69, 9.17) is 5.11 Å². The van der Waals surface area contributed by atoms with Crippen molar-refractivity contribution in [2.45, 2.75) is 4.90 Å². The zero-order valence-corrected chi connectivity index (χ0v) is 9.82. The lowest BCUT2D eigenvalue weighted by Crippen LogP contribution is -1.97. The highest BCUT2D eigenvalue weighted by atomic mass is 79.9. The summed E-state index contributed by atoms with van der Waals surface area (Å²) in [6.07, 6.45) is 0.595. The highest BCUT2D eigenvalue weighted by molar-refractivity contribution is 9.10. The van der Waals surface area contributed by atoms with Gasteiger partial charge in [0.2, 0.25) is 0 Å². The Bertz CT molecular complexity index is 487. The number of carbonyl (C=O) groups is 1.